The molecule has 0 heterocycles. The molecule has 0 aliphatic carbocycles. The summed E-state index contributed by atoms with van der Waals surface area (Å²) in [6, 6.07) is -0.249. The standard InChI is InChI=1S/C11H23N3O3/c1-11(2,9(15)16)8-12-10(17)14(5)7-6-13(3)4/h6-8H2,1-5H3,(H,12,17)(H,15,16). The van der Waals surface area contributed by atoms with Gasteiger partial charge in [-0.1, -0.05) is 0 Å². The molecular weight excluding hydrogens is 222 g/mol. The molecule has 2 N–H and O–H groups in total. The average Bonchev–Trinajstić information content (AvgIpc) is 2.22. The van der Waals surface area contributed by atoms with Gasteiger partial charge in [0.25, 0.3) is 0 Å². The van der Waals surface area contributed by atoms with E-state index in [-0.39, 0.29) is 12.6 Å². The van der Waals surface area contributed by atoms with Crippen LogP contribution in [0.15, 0.2) is 0 Å². The second kappa shape index (κ2) is 6.44. The SMILES string of the molecule is CN(C)CCN(C)C(=O)NCC(C)(C)C(=O)O. The molecule has 100 valence electrons. The van der Waals surface area contributed by atoms with Crippen LogP contribution in [0.2, 0.25) is 0 Å². The average molecular weight is 245 g/mol. The lowest BCUT2D eigenvalue weighted by atomic mass is 9.94. The highest BCUT2D eigenvalue weighted by Gasteiger charge is 2.27. The Kier molecular flexibility index (Phi) is 5.95. The molecule has 0 aromatic rings. The first kappa shape index (κ1) is 15.7. The minimum atomic E-state index is -0.946. The molecule has 6 heteroatoms. The second-order valence-electron chi connectivity index (χ2n) is 5.07. The number of carboxylic acids is 1. The first-order chi connectivity index (χ1) is 7.66. The molecule has 0 aliphatic rings. The summed E-state index contributed by atoms with van der Waals surface area (Å²) in [4.78, 5) is 26.0. The number of hydrogen-bond acceptors (Lipinski definition) is 3. The highest BCUT2D eigenvalue weighted by Crippen LogP contribution is 2.13. The summed E-state index contributed by atoms with van der Waals surface area (Å²) in [5, 5.41) is 11.5. The van der Waals surface area contributed by atoms with E-state index < -0.39 is 11.4 Å². The van der Waals surface area contributed by atoms with Gasteiger partial charge in [-0.3, -0.25) is 4.79 Å². The van der Waals surface area contributed by atoms with Gasteiger partial charge in [0.1, 0.15) is 0 Å². The molecule has 0 saturated heterocycles. The molecule has 0 atom stereocenters. The summed E-state index contributed by atoms with van der Waals surface area (Å²) in [7, 11) is 5.55. The number of carbonyl (C=O) groups excluding carboxylic acids is 1. The van der Waals surface area contributed by atoms with Crippen molar-refractivity contribution in [2.75, 3.05) is 40.8 Å². The van der Waals surface area contributed by atoms with Gasteiger partial charge in [0.05, 0.1) is 5.41 Å². The minimum Gasteiger partial charge on any atom is -0.481 e. The molecule has 2 amide bonds. The van der Waals surface area contributed by atoms with Gasteiger partial charge in [0, 0.05) is 26.7 Å². The number of nitrogens with zero attached hydrogens (tertiary/aromatic N) is 2. The van der Waals surface area contributed by atoms with Crippen LogP contribution < -0.4 is 5.32 Å². The van der Waals surface area contributed by atoms with Crippen molar-refractivity contribution in [1.82, 2.24) is 15.1 Å². The Morgan fingerprint density at radius 3 is 2.12 bits per heavy atom. The molecule has 0 fully saturated rings. The van der Waals surface area contributed by atoms with Crippen molar-refractivity contribution in [3.8, 4) is 0 Å². The van der Waals surface area contributed by atoms with Gasteiger partial charge in [-0.15, -0.1) is 0 Å². The predicted molar refractivity (Wildman–Crippen MR) is 66.0 cm³/mol. The number of hydrogen-bond donors (Lipinski definition) is 2. The lowest BCUT2D eigenvalue weighted by Crippen LogP contribution is -2.45. The van der Waals surface area contributed by atoms with E-state index in [1.807, 2.05) is 19.0 Å². The van der Waals surface area contributed by atoms with Crippen LogP contribution in [0.3, 0.4) is 0 Å². The fourth-order valence-electron chi connectivity index (χ4n) is 0.959. The quantitative estimate of drug-likeness (QED) is 0.706. The Hall–Kier alpha value is -1.30. The van der Waals surface area contributed by atoms with Crippen LogP contribution in [0.4, 0.5) is 4.79 Å². The topological polar surface area (TPSA) is 72.9 Å². The second-order valence-corrected chi connectivity index (χ2v) is 5.07. The Morgan fingerprint density at radius 2 is 1.71 bits per heavy atom. The maximum atomic E-state index is 11.6. The maximum absolute atomic E-state index is 11.6. The van der Waals surface area contributed by atoms with Crippen LogP contribution >= 0.6 is 0 Å². The third-order valence-corrected chi connectivity index (χ3v) is 2.49. The number of aliphatic carboxylic acids is 1. The van der Waals surface area contributed by atoms with Gasteiger partial charge in [0.2, 0.25) is 0 Å². The molecule has 6 nitrogen and oxygen atoms in total. The fourth-order valence-corrected chi connectivity index (χ4v) is 0.959. The molecule has 0 aliphatic heterocycles. The number of carbonyl (C=O) groups is 2. The number of nitrogens with one attached hydrogen (secondary N) is 1. The number of urea groups is 1. The summed E-state index contributed by atoms with van der Waals surface area (Å²) in [5.41, 5.74) is -0.946. The van der Waals surface area contributed by atoms with E-state index >= 15 is 0 Å². The van der Waals surface area contributed by atoms with Gasteiger partial charge in [-0.05, 0) is 27.9 Å². The van der Waals surface area contributed by atoms with Crippen molar-refractivity contribution >= 4 is 12.0 Å². The van der Waals surface area contributed by atoms with Crippen molar-refractivity contribution in [2.45, 2.75) is 13.8 Å². The molecule has 0 spiro atoms. The molecule has 0 rings (SSSR count). The van der Waals surface area contributed by atoms with E-state index in [1.54, 1.807) is 20.9 Å². The monoisotopic (exact) mass is 245 g/mol. The zero-order valence-corrected chi connectivity index (χ0v) is 11.3. The number of carboxylic acid groups (broad SMARTS) is 1. The molecule has 17 heavy (non-hydrogen) atoms. The van der Waals surface area contributed by atoms with Crippen LogP contribution in [0.25, 0.3) is 0 Å². The van der Waals surface area contributed by atoms with Crippen LogP contribution in [-0.2, 0) is 4.79 Å². The van der Waals surface area contributed by atoms with Crippen LogP contribution in [0.1, 0.15) is 13.8 Å². The van der Waals surface area contributed by atoms with Gasteiger partial charge < -0.3 is 20.2 Å². The molecule has 0 saturated carbocycles. The van der Waals surface area contributed by atoms with E-state index in [4.69, 9.17) is 5.11 Å². The van der Waals surface area contributed by atoms with Crippen LogP contribution in [0.5, 0.6) is 0 Å². The third kappa shape index (κ3) is 6.11. The number of rotatable bonds is 6. The molecule has 0 radical (unpaired) electrons. The van der Waals surface area contributed by atoms with Gasteiger partial charge in [-0.25, -0.2) is 4.79 Å². The third-order valence-electron chi connectivity index (χ3n) is 2.49. The molecule has 0 aromatic carbocycles. The predicted octanol–water partition coefficient (Wildman–Crippen LogP) is 0.300. The summed E-state index contributed by atoms with van der Waals surface area (Å²) in [6.45, 7) is 4.65. The van der Waals surface area contributed by atoms with Crippen LogP contribution in [0, 0.1) is 5.41 Å². The van der Waals surface area contributed by atoms with Crippen molar-refractivity contribution in [3.63, 3.8) is 0 Å². The van der Waals surface area contributed by atoms with Crippen molar-refractivity contribution in [3.05, 3.63) is 0 Å². The van der Waals surface area contributed by atoms with Crippen LogP contribution in [-0.4, -0.2) is 67.7 Å². The summed E-state index contributed by atoms with van der Waals surface area (Å²) >= 11 is 0. The molecular formula is C11H23N3O3. The van der Waals surface area contributed by atoms with E-state index in [0.29, 0.717) is 6.54 Å². The van der Waals surface area contributed by atoms with Gasteiger partial charge >= 0.3 is 12.0 Å². The summed E-state index contributed by atoms with van der Waals surface area (Å²) < 4.78 is 0. The maximum Gasteiger partial charge on any atom is 0.317 e. The van der Waals surface area contributed by atoms with Crippen molar-refractivity contribution in [1.29, 1.82) is 0 Å². The van der Waals surface area contributed by atoms with E-state index in [9.17, 15) is 9.59 Å². The van der Waals surface area contributed by atoms with Gasteiger partial charge in [-0.2, -0.15) is 0 Å². The Balaban J connectivity index is 4.05. The summed E-state index contributed by atoms with van der Waals surface area (Å²) in [5.74, 6) is -0.922. The highest BCUT2D eigenvalue weighted by molar-refractivity contribution is 5.77. The fraction of sp³-hybridized carbons (Fsp3) is 0.818. The number of amides is 2. The lowest BCUT2D eigenvalue weighted by molar-refractivity contribution is -0.146. The lowest BCUT2D eigenvalue weighted by Gasteiger charge is -2.24. The normalized spacial score (nSPS) is 11.4. The molecule has 0 aromatic heterocycles. The van der Waals surface area contributed by atoms with E-state index in [1.165, 1.54) is 4.90 Å². The zero-order valence-electron chi connectivity index (χ0n) is 11.3. The summed E-state index contributed by atoms with van der Waals surface area (Å²) in [6.07, 6.45) is 0. The number of likely N-dealkylation sites (N-methyl/N-ethyl adjacent to an activating group) is 2. The molecule has 0 unspecified atom stereocenters. The Bertz CT molecular complexity index is 277. The first-order valence-electron chi connectivity index (χ1n) is 5.54. The smallest absolute Gasteiger partial charge is 0.317 e. The largest absolute Gasteiger partial charge is 0.481 e. The minimum absolute atomic E-state index is 0.119. The van der Waals surface area contributed by atoms with E-state index in [2.05, 4.69) is 5.32 Å². The highest BCUT2D eigenvalue weighted by atomic mass is 16.4. The molecule has 0 bridgehead atoms. The van der Waals surface area contributed by atoms with Crippen molar-refractivity contribution in [2.24, 2.45) is 5.41 Å². The van der Waals surface area contributed by atoms with E-state index in [0.717, 1.165) is 6.54 Å². The first-order valence-corrected chi connectivity index (χ1v) is 5.54. The zero-order chi connectivity index (χ0) is 13.6. The van der Waals surface area contributed by atoms with Gasteiger partial charge in [0.15, 0.2) is 0 Å². The Morgan fingerprint density at radius 1 is 1.18 bits per heavy atom. The van der Waals surface area contributed by atoms with Crippen molar-refractivity contribution < 1.29 is 14.7 Å². The Labute approximate surface area is 103 Å².